The molecule has 2 saturated heterocycles. The van der Waals surface area contributed by atoms with Crippen LogP contribution in [-0.2, 0) is 20.9 Å². The number of carbonyl (C=O) groups excluding carboxylic acids is 2. The van der Waals surface area contributed by atoms with E-state index in [2.05, 4.69) is 4.98 Å². The quantitative estimate of drug-likeness (QED) is 0.791. The summed E-state index contributed by atoms with van der Waals surface area (Å²) < 4.78 is 4.87. The van der Waals surface area contributed by atoms with Gasteiger partial charge in [0.1, 0.15) is 6.61 Å². The number of pyridine rings is 1. The Hall–Kier alpha value is -1.95. The minimum atomic E-state index is -0.0533. The SMILES string of the molecule is COCC(=O)N1C[C@H]2CN(Cc3cccnc3)C(=O)[C@H]2C1. The second-order valence-corrected chi connectivity index (χ2v) is 5.68. The number of hydrogen-bond acceptors (Lipinski definition) is 4. The Balaban J connectivity index is 1.61. The lowest BCUT2D eigenvalue weighted by Gasteiger charge is -2.21. The first kappa shape index (κ1) is 14.0. The van der Waals surface area contributed by atoms with Gasteiger partial charge in [-0.15, -0.1) is 0 Å². The van der Waals surface area contributed by atoms with Crippen molar-refractivity contribution in [2.75, 3.05) is 33.4 Å². The topological polar surface area (TPSA) is 62.7 Å². The number of nitrogens with zero attached hydrogens (tertiary/aromatic N) is 3. The zero-order valence-corrected chi connectivity index (χ0v) is 12.1. The average Bonchev–Trinajstić information content (AvgIpc) is 3.02. The second-order valence-electron chi connectivity index (χ2n) is 5.68. The molecule has 3 rings (SSSR count). The largest absolute Gasteiger partial charge is 0.375 e. The molecule has 2 aliphatic heterocycles. The number of hydrogen-bond donors (Lipinski definition) is 0. The Kier molecular flexibility index (Phi) is 3.88. The minimum Gasteiger partial charge on any atom is -0.375 e. The standard InChI is InChI=1S/C15H19N3O3/c1-21-10-14(19)17-7-12-8-18(15(20)13(12)9-17)6-11-3-2-4-16-5-11/h2-5,12-13H,6-10H2,1H3/t12-,13-/m0/s1. The van der Waals surface area contributed by atoms with Crippen molar-refractivity contribution in [1.29, 1.82) is 0 Å². The molecule has 0 aromatic carbocycles. The maximum Gasteiger partial charge on any atom is 0.248 e. The van der Waals surface area contributed by atoms with Crippen LogP contribution in [0.4, 0.5) is 0 Å². The molecule has 0 spiro atoms. The number of amides is 2. The molecule has 2 fully saturated rings. The van der Waals surface area contributed by atoms with E-state index in [9.17, 15) is 9.59 Å². The highest BCUT2D eigenvalue weighted by atomic mass is 16.5. The molecule has 0 N–H and O–H groups in total. The Labute approximate surface area is 123 Å². The highest BCUT2D eigenvalue weighted by Gasteiger charge is 2.47. The van der Waals surface area contributed by atoms with Crippen LogP contribution in [0.25, 0.3) is 0 Å². The van der Waals surface area contributed by atoms with E-state index in [1.54, 1.807) is 17.3 Å². The van der Waals surface area contributed by atoms with E-state index >= 15 is 0 Å². The third kappa shape index (κ3) is 2.76. The molecule has 112 valence electrons. The van der Waals surface area contributed by atoms with Crippen LogP contribution >= 0.6 is 0 Å². The molecule has 3 heterocycles. The van der Waals surface area contributed by atoms with Gasteiger partial charge in [-0.2, -0.15) is 0 Å². The number of fused-ring (bicyclic) bond motifs is 1. The van der Waals surface area contributed by atoms with E-state index in [0.717, 1.165) is 12.1 Å². The Bertz CT molecular complexity index is 534. The van der Waals surface area contributed by atoms with Crippen molar-refractivity contribution in [2.24, 2.45) is 11.8 Å². The maximum absolute atomic E-state index is 12.5. The predicted octanol–water partition coefficient (Wildman–Crippen LogP) is 0.145. The van der Waals surface area contributed by atoms with E-state index in [4.69, 9.17) is 4.74 Å². The van der Waals surface area contributed by atoms with Gasteiger partial charge < -0.3 is 14.5 Å². The summed E-state index contributed by atoms with van der Waals surface area (Å²) in [5.41, 5.74) is 1.04. The maximum atomic E-state index is 12.5. The fourth-order valence-electron chi connectivity index (χ4n) is 3.22. The van der Waals surface area contributed by atoms with Crippen molar-refractivity contribution in [3.05, 3.63) is 30.1 Å². The van der Waals surface area contributed by atoms with Crippen LogP contribution in [0, 0.1) is 11.8 Å². The van der Waals surface area contributed by atoms with Crippen LogP contribution in [0.3, 0.4) is 0 Å². The smallest absolute Gasteiger partial charge is 0.248 e. The van der Waals surface area contributed by atoms with Crippen molar-refractivity contribution in [3.8, 4) is 0 Å². The van der Waals surface area contributed by atoms with E-state index in [1.807, 2.05) is 17.0 Å². The molecular formula is C15H19N3O3. The van der Waals surface area contributed by atoms with Gasteiger partial charge in [0.15, 0.2) is 0 Å². The minimum absolute atomic E-state index is 0.0292. The summed E-state index contributed by atoms with van der Waals surface area (Å²) in [7, 11) is 1.51. The summed E-state index contributed by atoms with van der Waals surface area (Å²) in [6.07, 6.45) is 3.51. The van der Waals surface area contributed by atoms with E-state index in [-0.39, 0.29) is 30.3 Å². The molecule has 1 aromatic heterocycles. The monoisotopic (exact) mass is 289 g/mol. The number of methoxy groups -OCH3 is 1. The fourth-order valence-corrected chi connectivity index (χ4v) is 3.22. The van der Waals surface area contributed by atoms with E-state index < -0.39 is 0 Å². The molecule has 0 aliphatic carbocycles. The molecule has 2 aliphatic rings. The number of ether oxygens (including phenoxy) is 1. The third-order valence-corrected chi connectivity index (χ3v) is 4.24. The average molecular weight is 289 g/mol. The first-order valence-corrected chi connectivity index (χ1v) is 7.13. The van der Waals surface area contributed by atoms with Crippen molar-refractivity contribution in [1.82, 2.24) is 14.8 Å². The molecule has 1 aromatic rings. The van der Waals surface area contributed by atoms with Gasteiger partial charge in [0, 0.05) is 51.6 Å². The molecule has 6 nitrogen and oxygen atoms in total. The van der Waals surface area contributed by atoms with E-state index in [0.29, 0.717) is 19.6 Å². The van der Waals surface area contributed by atoms with E-state index in [1.165, 1.54) is 7.11 Å². The summed E-state index contributed by atoms with van der Waals surface area (Å²) in [5.74, 6) is 0.313. The number of aromatic nitrogens is 1. The van der Waals surface area contributed by atoms with Gasteiger partial charge in [-0.05, 0) is 11.6 Å². The predicted molar refractivity (Wildman–Crippen MR) is 75.1 cm³/mol. The van der Waals surface area contributed by atoms with Crippen molar-refractivity contribution < 1.29 is 14.3 Å². The highest BCUT2D eigenvalue weighted by molar-refractivity contribution is 5.84. The summed E-state index contributed by atoms with van der Waals surface area (Å²) in [6, 6.07) is 3.85. The molecule has 0 saturated carbocycles. The van der Waals surface area contributed by atoms with Crippen LogP contribution in [-0.4, -0.2) is 59.9 Å². The Morgan fingerprint density at radius 3 is 2.95 bits per heavy atom. The van der Waals surface area contributed by atoms with Gasteiger partial charge in [0.25, 0.3) is 0 Å². The van der Waals surface area contributed by atoms with Crippen molar-refractivity contribution in [2.45, 2.75) is 6.54 Å². The van der Waals surface area contributed by atoms with Crippen LogP contribution in [0.5, 0.6) is 0 Å². The summed E-state index contributed by atoms with van der Waals surface area (Å²) in [6.45, 7) is 2.59. The number of carbonyl (C=O) groups is 2. The normalized spacial score (nSPS) is 24.5. The molecular weight excluding hydrogens is 270 g/mol. The summed E-state index contributed by atoms with van der Waals surface area (Å²) in [4.78, 5) is 32.0. The number of likely N-dealkylation sites (tertiary alicyclic amines) is 2. The molecule has 0 unspecified atom stereocenters. The van der Waals surface area contributed by atoms with Gasteiger partial charge in [0.2, 0.25) is 11.8 Å². The third-order valence-electron chi connectivity index (χ3n) is 4.24. The van der Waals surface area contributed by atoms with Gasteiger partial charge in [-0.25, -0.2) is 0 Å². The lowest BCUT2D eigenvalue weighted by Crippen LogP contribution is -2.36. The second kappa shape index (κ2) is 5.81. The Morgan fingerprint density at radius 1 is 1.43 bits per heavy atom. The van der Waals surface area contributed by atoms with Crippen LogP contribution in [0.2, 0.25) is 0 Å². The van der Waals surface area contributed by atoms with Gasteiger partial charge >= 0.3 is 0 Å². The lowest BCUT2D eigenvalue weighted by molar-refractivity contribution is -0.136. The molecule has 21 heavy (non-hydrogen) atoms. The molecule has 2 atom stereocenters. The summed E-state index contributed by atoms with van der Waals surface area (Å²) in [5, 5.41) is 0. The van der Waals surface area contributed by atoms with Crippen LogP contribution < -0.4 is 0 Å². The molecule has 6 heteroatoms. The molecule has 2 amide bonds. The Morgan fingerprint density at radius 2 is 2.29 bits per heavy atom. The molecule has 0 bridgehead atoms. The summed E-state index contributed by atoms with van der Waals surface area (Å²) >= 11 is 0. The first-order valence-electron chi connectivity index (χ1n) is 7.13. The lowest BCUT2D eigenvalue weighted by atomic mass is 10.0. The number of rotatable bonds is 4. The van der Waals surface area contributed by atoms with Crippen LogP contribution in [0.15, 0.2) is 24.5 Å². The van der Waals surface area contributed by atoms with Crippen molar-refractivity contribution >= 4 is 11.8 Å². The molecule has 0 radical (unpaired) electrons. The zero-order chi connectivity index (χ0) is 14.8. The van der Waals surface area contributed by atoms with Crippen LogP contribution in [0.1, 0.15) is 5.56 Å². The van der Waals surface area contributed by atoms with Gasteiger partial charge in [-0.3, -0.25) is 14.6 Å². The van der Waals surface area contributed by atoms with Gasteiger partial charge in [-0.1, -0.05) is 6.07 Å². The first-order chi connectivity index (χ1) is 10.2. The van der Waals surface area contributed by atoms with Crippen molar-refractivity contribution in [3.63, 3.8) is 0 Å². The fraction of sp³-hybridized carbons (Fsp3) is 0.533. The zero-order valence-electron chi connectivity index (χ0n) is 12.1. The van der Waals surface area contributed by atoms with Gasteiger partial charge in [0.05, 0.1) is 5.92 Å². The highest BCUT2D eigenvalue weighted by Crippen LogP contribution is 2.33.